The molecule has 0 bridgehead atoms. The fourth-order valence-corrected chi connectivity index (χ4v) is 4.13. The predicted octanol–water partition coefficient (Wildman–Crippen LogP) is 6.14. The largest absolute Gasteiger partial charge is 0.443 e. The molecule has 1 aromatic carbocycles. The Morgan fingerprint density at radius 1 is 1.25 bits per heavy atom. The minimum Gasteiger partial charge on any atom is -0.443 e. The van der Waals surface area contributed by atoms with Gasteiger partial charge in [-0.3, -0.25) is 9.88 Å². The van der Waals surface area contributed by atoms with Crippen molar-refractivity contribution in [2.45, 2.75) is 39.7 Å². The zero-order valence-corrected chi connectivity index (χ0v) is 19.2. The van der Waals surface area contributed by atoms with Crippen LogP contribution in [0.15, 0.2) is 31.1 Å². The van der Waals surface area contributed by atoms with E-state index >= 15 is 4.39 Å². The standard InChI is InChI=1S/C24H24ClFN4O2/c1-12-6-7-30(23(31)32-24(3,4)5)22-13(2)16(10-29-21(12)22)15-8-14-9-18(27)28-11-17(14)19(25)20(15)26/h8-11H,1,6-7H2,2-5H3,(H2,27,28). The van der Waals surface area contributed by atoms with Gasteiger partial charge in [0.1, 0.15) is 17.2 Å². The Kier molecular flexibility index (Phi) is 5.33. The number of pyridine rings is 2. The van der Waals surface area contributed by atoms with Gasteiger partial charge in [-0.25, -0.2) is 14.2 Å². The van der Waals surface area contributed by atoms with Crippen molar-refractivity contribution in [3.63, 3.8) is 0 Å². The van der Waals surface area contributed by atoms with Crippen molar-refractivity contribution in [1.82, 2.24) is 9.97 Å². The maximum atomic E-state index is 15.3. The number of halogens is 2. The topological polar surface area (TPSA) is 81.3 Å². The zero-order valence-electron chi connectivity index (χ0n) is 18.4. The van der Waals surface area contributed by atoms with Crippen molar-refractivity contribution in [2.24, 2.45) is 0 Å². The number of nitrogen functional groups attached to an aromatic ring is 1. The molecule has 0 saturated carbocycles. The number of amides is 1. The van der Waals surface area contributed by atoms with E-state index in [0.717, 1.165) is 5.57 Å². The second-order valence-electron chi connectivity index (χ2n) is 8.86. The van der Waals surface area contributed by atoms with Crippen LogP contribution < -0.4 is 10.6 Å². The first kappa shape index (κ1) is 22.0. The molecule has 2 aromatic heterocycles. The molecule has 3 aromatic rings. The van der Waals surface area contributed by atoms with Crippen molar-refractivity contribution < 1.29 is 13.9 Å². The lowest BCUT2D eigenvalue weighted by molar-refractivity contribution is 0.0580. The van der Waals surface area contributed by atoms with Gasteiger partial charge in [0, 0.05) is 35.5 Å². The number of ether oxygens (including phenoxy) is 1. The van der Waals surface area contributed by atoms with Crippen LogP contribution in [-0.2, 0) is 4.74 Å². The monoisotopic (exact) mass is 454 g/mol. The molecule has 0 spiro atoms. The van der Waals surface area contributed by atoms with E-state index in [4.69, 9.17) is 22.1 Å². The molecule has 3 heterocycles. The van der Waals surface area contributed by atoms with Gasteiger partial charge in [0.15, 0.2) is 0 Å². The maximum absolute atomic E-state index is 15.3. The predicted molar refractivity (Wildman–Crippen MR) is 126 cm³/mol. The molecule has 4 rings (SSSR count). The molecule has 2 N–H and O–H groups in total. The third kappa shape index (κ3) is 3.77. The number of anilines is 2. The molecule has 0 radical (unpaired) electrons. The summed E-state index contributed by atoms with van der Waals surface area (Å²) >= 11 is 6.33. The minimum atomic E-state index is -0.656. The van der Waals surface area contributed by atoms with Crippen LogP contribution in [0.1, 0.15) is 38.4 Å². The number of fused-ring (bicyclic) bond motifs is 2. The fourth-order valence-electron chi connectivity index (χ4n) is 3.87. The summed E-state index contributed by atoms with van der Waals surface area (Å²) in [7, 11) is 0. The molecule has 0 unspecified atom stereocenters. The summed E-state index contributed by atoms with van der Waals surface area (Å²) in [6, 6.07) is 3.31. The normalized spacial score (nSPS) is 13.9. The number of nitrogens with zero attached hydrogens (tertiary/aromatic N) is 3. The summed E-state index contributed by atoms with van der Waals surface area (Å²) in [5.41, 5.74) is 8.59. The summed E-state index contributed by atoms with van der Waals surface area (Å²) in [4.78, 5) is 23.0. The summed E-state index contributed by atoms with van der Waals surface area (Å²) in [5, 5.41) is 1.08. The van der Waals surface area contributed by atoms with Crippen LogP contribution >= 0.6 is 11.6 Å². The summed E-state index contributed by atoms with van der Waals surface area (Å²) in [6.07, 6.45) is 3.12. The molecule has 32 heavy (non-hydrogen) atoms. The first-order chi connectivity index (χ1) is 15.0. The van der Waals surface area contributed by atoms with Crippen LogP contribution in [0.4, 0.5) is 20.7 Å². The van der Waals surface area contributed by atoms with E-state index in [1.165, 1.54) is 6.20 Å². The van der Waals surface area contributed by atoms with Crippen molar-refractivity contribution >= 4 is 45.5 Å². The molecular formula is C24H24ClFN4O2. The van der Waals surface area contributed by atoms with Gasteiger partial charge in [0.05, 0.1) is 16.4 Å². The van der Waals surface area contributed by atoms with Crippen LogP contribution in [-0.4, -0.2) is 28.2 Å². The second-order valence-corrected chi connectivity index (χ2v) is 9.24. The third-order valence-electron chi connectivity index (χ3n) is 5.37. The molecule has 1 amide bonds. The SMILES string of the molecule is C=C1CCN(C(=O)OC(C)(C)C)c2c1ncc(-c1cc3cc(N)ncc3c(Cl)c1F)c2C. The van der Waals surface area contributed by atoms with Crippen molar-refractivity contribution in [3.05, 3.63) is 53.2 Å². The van der Waals surface area contributed by atoms with Crippen LogP contribution in [0.25, 0.3) is 27.5 Å². The highest BCUT2D eigenvalue weighted by atomic mass is 35.5. The Hall–Kier alpha value is -3.19. The molecule has 1 aliphatic rings. The number of hydrogen-bond acceptors (Lipinski definition) is 5. The van der Waals surface area contributed by atoms with E-state index in [2.05, 4.69) is 16.5 Å². The number of carbonyl (C=O) groups excluding carboxylic acids is 1. The average molecular weight is 455 g/mol. The van der Waals surface area contributed by atoms with Gasteiger partial charge < -0.3 is 10.5 Å². The van der Waals surface area contributed by atoms with Gasteiger partial charge in [-0.15, -0.1) is 0 Å². The van der Waals surface area contributed by atoms with Crippen LogP contribution in [0.2, 0.25) is 5.02 Å². The lowest BCUT2D eigenvalue weighted by atomic mass is 9.93. The van der Waals surface area contributed by atoms with E-state index < -0.39 is 17.5 Å². The highest BCUT2D eigenvalue weighted by molar-refractivity contribution is 6.36. The van der Waals surface area contributed by atoms with Gasteiger partial charge in [-0.1, -0.05) is 18.2 Å². The molecular weight excluding hydrogens is 431 g/mol. The van der Waals surface area contributed by atoms with E-state index in [9.17, 15) is 4.79 Å². The van der Waals surface area contributed by atoms with Gasteiger partial charge in [-0.05, 0) is 62.8 Å². The van der Waals surface area contributed by atoms with Crippen molar-refractivity contribution in [1.29, 1.82) is 0 Å². The van der Waals surface area contributed by atoms with Crippen molar-refractivity contribution in [2.75, 3.05) is 17.2 Å². The van der Waals surface area contributed by atoms with Crippen LogP contribution in [0.5, 0.6) is 0 Å². The fraction of sp³-hybridized carbons (Fsp3) is 0.292. The third-order valence-corrected chi connectivity index (χ3v) is 5.74. The molecule has 0 saturated heterocycles. The number of carbonyl (C=O) groups is 1. The highest BCUT2D eigenvalue weighted by Crippen LogP contribution is 2.42. The number of aromatic nitrogens is 2. The van der Waals surface area contributed by atoms with Gasteiger partial charge in [0.2, 0.25) is 0 Å². The first-order valence-electron chi connectivity index (χ1n) is 10.2. The Labute approximate surface area is 190 Å². The lowest BCUT2D eigenvalue weighted by Gasteiger charge is -2.33. The number of nitrogens with two attached hydrogens (primary N) is 1. The molecule has 166 valence electrons. The molecule has 1 aliphatic heterocycles. The van der Waals surface area contributed by atoms with Crippen LogP contribution in [0, 0.1) is 12.7 Å². The number of benzene rings is 1. The summed E-state index contributed by atoms with van der Waals surface area (Å²) < 4.78 is 20.9. The Morgan fingerprint density at radius 2 is 1.97 bits per heavy atom. The summed E-state index contributed by atoms with van der Waals surface area (Å²) in [6.45, 7) is 11.7. The Balaban J connectivity index is 1.92. The minimum absolute atomic E-state index is 0.0458. The van der Waals surface area contributed by atoms with Crippen LogP contribution in [0.3, 0.4) is 0 Å². The van der Waals surface area contributed by atoms with Gasteiger partial charge >= 0.3 is 6.09 Å². The molecule has 6 nitrogen and oxygen atoms in total. The molecule has 0 aliphatic carbocycles. The first-order valence-corrected chi connectivity index (χ1v) is 10.6. The van der Waals surface area contributed by atoms with E-state index in [1.54, 1.807) is 23.2 Å². The van der Waals surface area contributed by atoms with Gasteiger partial charge in [0.25, 0.3) is 0 Å². The second kappa shape index (κ2) is 7.74. The maximum Gasteiger partial charge on any atom is 0.414 e. The van der Waals surface area contributed by atoms with Crippen molar-refractivity contribution in [3.8, 4) is 11.1 Å². The number of rotatable bonds is 1. The molecule has 0 fully saturated rings. The Morgan fingerprint density at radius 3 is 2.66 bits per heavy atom. The molecule has 0 atom stereocenters. The Bertz CT molecular complexity index is 1280. The number of hydrogen-bond donors (Lipinski definition) is 1. The zero-order chi connectivity index (χ0) is 23.4. The average Bonchev–Trinajstić information content (AvgIpc) is 2.70. The summed E-state index contributed by atoms with van der Waals surface area (Å²) in [5.74, 6) is -0.284. The van der Waals surface area contributed by atoms with E-state index in [1.807, 2.05) is 27.7 Å². The van der Waals surface area contributed by atoms with E-state index in [0.29, 0.717) is 52.1 Å². The lowest BCUT2D eigenvalue weighted by Crippen LogP contribution is -2.40. The molecule has 8 heteroatoms. The quantitative estimate of drug-likeness (QED) is 0.477. The smallest absolute Gasteiger partial charge is 0.414 e. The van der Waals surface area contributed by atoms with E-state index in [-0.39, 0.29) is 10.6 Å². The highest BCUT2D eigenvalue weighted by Gasteiger charge is 2.32. The van der Waals surface area contributed by atoms with Gasteiger partial charge in [-0.2, -0.15) is 0 Å².